The van der Waals surface area contributed by atoms with Gasteiger partial charge in [0.25, 0.3) is 0 Å². The van der Waals surface area contributed by atoms with Gasteiger partial charge in [-0.2, -0.15) is 5.10 Å². The van der Waals surface area contributed by atoms with Crippen LogP contribution in [0.1, 0.15) is 11.3 Å². The number of aromatic nitrogens is 2. The van der Waals surface area contributed by atoms with Crippen molar-refractivity contribution in [2.45, 2.75) is 23.3 Å². The predicted octanol–water partition coefficient (Wildman–Crippen LogP) is 3.03. The van der Waals surface area contributed by atoms with E-state index in [1.165, 1.54) is 5.56 Å². The highest BCUT2D eigenvalue weighted by molar-refractivity contribution is 7.99. The Kier molecular flexibility index (Phi) is 4.32. The summed E-state index contributed by atoms with van der Waals surface area (Å²) in [5, 5.41) is 6.33. The van der Waals surface area contributed by atoms with Crippen molar-refractivity contribution in [3.05, 3.63) is 40.5 Å². The summed E-state index contributed by atoms with van der Waals surface area (Å²) < 4.78 is 1.90. The van der Waals surface area contributed by atoms with E-state index < -0.39 is 0 Å². The van der Waals surface area contributed by atoms with Crippen LogP contribution in [0.25, 0.3) is 0 Å². The van der Waals surface area contributed by atoms with E-state index >= 15 is 0 Å². The van der Waals surface area contributed by atoms with Crippen molar-refractivity contribution in [1.29, 1.82) is 0 Å². The third-order valence-electron chi connectivity index (χ3n) is 2.73. The minimum absolute atomic E-state index is 0.628. The molecule has 0 bridgehead atoms. The number of hydrogen-bond donors (Lipinski definition) is 1. The third kappa shape index (κ3) is 2.71. The van der Waals surface area contributed by atoms with Crippen LogP contribution in [0.2, 0.25) is 5.02 Å². The van der Waals surface area contributed by atoms with Crippen LogP contribution < -0.4 is 5.73 Å². The smallest absolute Gasteiger partial charge is 0.102 e. The molecule has 0 aliphatic heterocycles. The molecule has 0 saturated carbocycles. The predicted molar refractivity (Wildman–Crippen MR) is 76.3 cm³/mol. The summed E-state index contributed by atoms with van der Waals surface area (Å²) in [4.78, 5) is 1.04. The molecule has 2 N–H and O–H groups in total. The molecule has 2 rings (SSSR count). The maximum Gasteiger partial charge on any atom is 0.102 e. The highest BCUT2D eigenvalue weighted by Gasteiger charge is 2.14. The van der Waals surface area contributed by atoms with Crippen LogP contribution in [0, 0.1) is 6.92 Å². The Balaban J connectivity index is 2.37. The van der Waals surface area contributed by atoms with E-state index in [1.54, 1.807) is 11.8 Å². The van der Waals surface area contributed by atoms with E-state index in [4.69, 9.17) is 17.3 Å². The second kappa shape index (κ2) is 5.78. The van der Waals surface area contributed by atoms with Crippen molar-refractivity contribution in [2.75, 3.05) is 6.54 Å². The monoisotopic (exact) mass is 281 g/mol. The second-order valence-electron chi connectivity index (χ2n) is 4.06. The summed E-state index contributed by atoms with van der Waals surface area (Å²) in [6.07, 6.45) is 0.840. The number of benzene rings is 1. The summed E-state index contributed by atoms with van der Waals surface area (Å²) in [5.41, 5.74) is 7.91. The first kappa shape index (κ1) is 13.5. The largest absolute Gasteiger partial charge is 0.330 e. The van der Waals surface area contributed by atoms with Gasteiger partial charge in [0.05, 0.1) is 10.7 Å². The summed E-state index contributed by atoms with van der Waals surface area (Å²) in [6, 6.07) is 7.83. The topological polar surface area (TPSA) is 43.8 Å². The van der Waals surface area contributed by atoms with Crippen molar-refractivity contribution in [2.24, 2.45) is 12.8 Å². The molecule has 5 heteroatoms. The van der Waals surface area contributed by atoms with Gasteiger partial charge in [0.15, 0.2) is 0 Å². The molecule has 1 aromatic heterocycles. The van der Waals surface area contributed by atoms with Gasteiger partial charge in [0.1, 0.15) is 5.03 Å². The van der Waals surface area contributed by atoms with Crippen LogP contribution in [-0.2, 0) is 13.5 Å². The van der Waals surface area contributed by atoms with Crippen molar-refractivity contribution in [3.8, 4) is 0 Å². The minimum atomic E-state index is 0.628. The average molecular weight is 282 g/mol. The first-order chi connectivity index (χ1) is 8.63. The zero-order valence-corrected chi connectivity index (χ0v) is 12.1. The lowest BCUT2D eigenvalue weighted by Gasteiger charge is -2.07. The van der Waals surface area contributed by atoms with Crippen molar-refractivity contribution in [3.63, 3.8) is 0 Å². The number of rotatable bonds is 4. The Morgan fingerprint density at radius 2 is 2.11 bits per heavy atom. The van der Waals surface area contributed by atoms with Gasteiger partial charge in [-0.3, -0.25) is 4.68 Å². The van der Waals surface area contributed by atoms with Gasteiger partial charge >= 0.3 is 0 Å². The van der Waals surface area contributed by atoms with E-state index in [-0.39, 0.29) is 0 Å². The molecule has 0 spiro atoms. The standard InChI is InChI=1S/C13H16ClN3S/c1-9-10(7-8-15)13(17(2)16-9)18-12-6-4-3-5-11(12)14/h3-6H,7-8,15H2,1-2H3. The fourth-order valence-electron chi connectivity index (χ4n) is 1.87. The van der Waals surface area contributed by atoms with Crippen LogP contribution >= 0.6 is 23.4 Å². The molecular weight excluding hydrogens is 266 g/mol. The number of nitrogens with zero attached hydrogens (tertiary/aromatic N) is 2. The van der Waals surface area contributed by atoms with Crippen LogP contribution in [-0.4, -0.2) is 16.3 Å². The van der Waals surface area contributed by atoms with E-state index in [0.717, 1.165) is 27.1 Å². The van der Waals surface area contributed by atoms with Gasteiger partial charge < -0.3 is 5.73 Å². The Hall–Kier alpha value is -0.970. The fourth-order valence-corrected chi connectivity index (χ4v) is 3.19. The maximum atomic E-state index is 6.19. The maximum absolute atomic E-state index is 6.19. The van der Waals surface area contributed by atoms with Gasteiger partial charge in [0.2, 0.25) is 0 Å². The van der Waals surface area contributed by atoms with Crippen LogP contribution in [0.4, 0.5) is 0 Å². The van der Waals surface area contributed by atoms with E-state index in [2.05, 4.69) is 5.10 Å². The van der Waals surface area contributed by atoms with Crippen LogP contribution in [0.15, 0.2) is 34.2 Å². The van der Waals surface area contributed by atoms with Crippen LogP contribution in [0.3, 0.4) is 0 Å². The highest BCUT2D eigenvalue weighted by Crippen LogP contribution is 2.35. The first-order valence-corrected chi connectivity index (χ1v) is 6.98. The lowest BCUT2D eigenvalue weighted by Crippen LogP contribution is -2.04. The summed E-state index contributed by atoms with van der Waals surface area (Å²) >= 11 is 7.83. The van der Waals surface area contributed by atoms with E-state index in [0.29, 0.717) is 6.54 Å². The number of aryl methyl sites for hydroxylation is 2. The molecule has 0 amide bonds. The second-order valence-corrected chi connectivity index (χ2v) is 5.50. The molecule has 1 heterocycles. The van der Waals surface area contributed by atoms with Crippen molar-refractivity contribution >= 4 is 23.4 Å². The molecule has 0 aliphatic carbocycles. The van der Waals surface area contributed by atoms with Gasteiger partial charge in [0, 0.05) is 17.5 Å². The van der Waals surface area contributed by atoms with E-state index in [9.17, 15) is 0 Å². The van der Waals surface area contributed by atoms with Gasteiger partial charge in [-0.1, -0.05) is 35.5 Å². The lowest BCUT2D eigenvalue weighted by atomic mass is 10.2. The minimum Gasteiger partial charge on any atom is -0.330 e. The Morgan fingerprint density at radius 1 is 1.39 bits per heavy atom. The van der Waals surface area contributed by atoms with Gasteiger partial charge in [-0.25, -0.2) is 0 Å². The molecule has 0 radical (unpaired) electrons. The lowest BCUT2D eigenvalue weighted by molar-refractivity contribution is 0.688. The molecule has 0 atom stereocenters. The van der Waals surface area contributed by atoms with Gasteiger partial charge in [-0.15, -0.1) is 0 Å². The summed E-state index contributed by atoms with van der Waals surface area (Å²) in [6.45, 7) is 2.64. The average Bonchev–Trinajstić information content (AvgIpc) is 2.59. The molecule has 96 valence electrons. The summed E-state index contributed by atoms with van der Waals surface area (Å²) in [7, 11) is 1.95. The molecule has 0 aliphatic rings. The summed E-state index contributed by atoms with van der Waals surface area (Å²) in [5.74, 6) is 0. The molecule has 2 aromatic rings. The Morgan fingerprint density at radius 3 is 2.78 bits per heavy atom. The number of nitrogens with two attached hydrogens (primary N) is 1. The molecular formula is C13H16ClN3S. The van der Waals surface area contributed by atoms with Crippen molar-refractivity contribution < 1.29 is 0 Å². The van der Waals surface area contributed by atoms with Crippen molar-refractivity contribution in [1.82, 2.24) is 9.78 Å². The number of hydrogen-bond acceptors (Lipinski definition) is 3. The quantitative estimate of drug-likeness (QED) is 0.937. The molecule has 0 unspecified atom stereocenters. The number of halogens is 1. The molecule has 18 heavy (non-hydrogen) atoms. The molecule has 1 aromatic carbocycles. The highest BCUT2D eigenvalue weighted by atomic mass is 35.5. The van der Waals surface area contributed by atoms with Gasteiger partial charge in [-0.05, 0) is 32.0 Å². The zero-order chi connectivity index (χ0) is 13.1. The zero-order valence-electron chi connectivity index (χ0n) is 10.5. The Bertz CT molecular complexity index is 551. The first-order valence-electron chi connectivity index (χ1n) is 5.78. The molecule has 0 fully saturated rings. The molecule has 3 nitrogen and oxygen atoms in total. The SMILES string of the molecule is Cc1nn(C)c(Sc2ccccc2Cl)c1CCN. The third-order valence-corrected chi connectivity index (χ3v) is 4.45. The van der Waals surface area contributed by atoms with E-state index in [1.807, 2.05) is 42.9 Å². The van der Waals surface area contributed by atoms with Crippen LogP contribution in [0.5, 0.6) is 0 Å². The fraction of sp³-hybridized carbons (Fsp3) is 0.308. The normalized spacial score (nSPS) is 10.9. The Labute approximate surface area is 116 Å². The molecule has 0 saturated heterocycles.